The molecule has 1 heterocycles. The molecule has 1 aromatic heterocycles. The molecule has 2 aromatic rings. The molecule has 0 saturated heterocycles. The van der Waals surface area contributed by atoms with E-state index in [4.69, 9.17) is 5.73 Å². The van der Waals surface area contributed by atoms with Crippen molar-refractivity contribution in [3.8, 4) is 0 Å². The zero-order valence-electron chi connectivity index (χ0n) is 7.39. The van der Waals surface area contributed by atoms with Crippen molar-refractivity contribution in [1.29, 1.82) is 0 Å². The summed E-state index contributed by atoms with van der Waals surface area (Å²) in [4.78, 5) is 3.00. The molecule has 0 aliphatic rings. The lowest BCUT2D eigenvalue weighted by atomic mass is 10.1. The van der Waals surface area contributed by atoms with Gasteiger partial charge in [-0.1, -0.05) is 0 Å². The van der Waals surface area contributed by atoms with Gasteiger partial charge in [-0.05, 0) is 19.1 Å². The topological polar surface area (TPSA) is 41.8 Å². The second-order valence-corrected chi connectivity index (χ2v) is 3.12. The molecular weight excluding hydrogens is 167 g/mol. The number of hydrogen-bond acceptors (Lipinski definition) is 1. The summed E-state index contributed by atoms with van der Waals surface area (Å²) in [6.07, 6.45) is 1.80. The van der Waals surface area contributed by atoms with Gasteiger partial charge in [-0.15, -0.1) is 0 Å². The van der Waals surface area contributed by atoms with Crippen molar-refractivity contribution in [2.24, 2.45) is 5.73 Å². The summed E-state index contributed by atoms with van der Waals surface area (Å²) in [5, 5.41) is 1.01. The van der Waals surface area contributed by atoms with Gasteiger partial charge in [-0.3, -0.25) is 0 Å². The molecule has 2 rings (SSSR count). The van der Waals surface area contributed by atoms with Crippen molar-refractivity contribution in [1.82, 2.24) is 4.98 Å². The molecule has 0 aliphatic heterocycles. The van der Waals surface area contributed by atoms with Gasteiger partial charge < -0.3 is 10.7 Å². The highest BCUT2D eigenvalue weighted by Gasteiger charge is 2.08. The molecule has 13 heavy (non-hydrogen) atoms. The Morgan fingerprint density at radius 1 is 1.54 bits per heavy atom. The minimum atomic E-state index is -0.197. The van der Waals surface area contributed by atoms with Crippen molar-refractivity contribution in [3.63, 3.8) is 0 Å². The van der Waals surface area contributed by atoms with Gasteiger partial charge in [0.2, 0.25) is 0 Å². The minimum absolute atomic E-state index is 0.197. The van der Waals surface area contributed by atoms with Gasteiger partial charge in [0.25, 0.3) is 0 Å². The highest BCUT2D eigenvalue weighted by Crippen LogP contribution is 2.22. The van der Waals surface area contributed by atoms with Crippen LogP contribution in [-0.2, 0) is 6.54 Å². The SMILES string of the molecule is Cc1c(F)c(CN)cc2cc[nH]c12. The molecule has 0 radical (unpaired) electrons. The summed E-state index contributed by atoms with van der Waals surface area (Å²) in [5.41, 5.74) is 7.50. The average molecular weight is 178 g/mol. The predicted molar refractivity (Wildman–Crippen MR) is 50.9 cm³/mol. The first-order valence-corrected chi connectivity index (χ1v) is 4.19. The van der Waals surface area contributed by atoms with Crippen LogP contribution in [0.2, 0.25) is 0 Å². The summed E-state index contributed by atoms with van der Waals surface area (Å²) in [6, 6.07) is 3.70. The Morgan fingerprint density at radius 2 is 2.31 bits per heavy atom. The summed E-state index contributed by atoms with van der Waals surface area (Å²) >= 11 is 0. The lowest BCUT2D eigenvalue weighted by molar-refractivity contribution is 0.604. The number of aromatic amines is 1. The highest BCUT2D eigenvalue weighted by atomic mass is 19.1. The normalized spacial score (nSPS) is 11.0. The van der Waals surface area contributed by atoms with Crippen molar-refractivity contribution in [2.45, 2.75) is 13.5 Å². The van der Waals surface area contributed by atoms with Crippen LogP contribution in [0.5, 0.6) is 0 Å². The Kier molecular flexibility index (Phi) is 1.81. The number of aryl methyl sites for hydroxylation is 1. The second kappa shape index (κ2) is 2.85. The van der Waals surface area contributed by atoms with Crippen LogP contribution in [0, 0.1) is 12.7 Å². The number of nitrogens with two attached hydrogens (primary N) is 1. The van der Waals surface area contributed by atoms with E-state index >= 15 is 0 Å². The first-order chi connectivity index (χ1) is 6.24. The molecule has 2 nitrogen and oxygen atoms in total. The smallest absolute Gasteiger partial charge is 0.132 e. The second-order valence-electron chi connectivity index (χ2n) is 3.12. The van der Waals surface area contributed by atoms with Crippen molar-refractivity contribution < 1.29 is 4.39 Å². The van der Waals surface area contributed by atoms with Crippen molar-refractivity contribution in [3.05, 3.63) is 35.3 Å². The van der Waals surface area contributed by atoms with Crippen LogP contribution in [0.15, 0.2) is 18.3 Å². The van der Waals surface area contributed by atoms with Crippen LogP contribution < -0.4 is 5.73 Å². The Labute approximate surface area is 75.6 Å². The molecule has 0 spiro atoms. The fourth-order valence-electron chi connectivity index (χ4n) is 1.58. The molecule has 0 fully saturated rings. The molecule has 0 unspecified atom stereocenters. The third-order valence-corrected chi connectivity index (χ3v) is 2.32. The fraction of sp³-hybridized carbons (Fsp3) is 0.200. The monoisotopic (exact) mass is 178 g/mol. The lowest BCUT2D eigenvalue weighted by Crippen LogP contribution is -2.01. The zero-order chi connectivity index (χ0) is 9.42. The fourth-order valence-corrected chi connectivity index (χ4v) is 1.58. The van der Waals surface area contributed by atoms with Crippen molar-refractivity contribution in [2.75, 3.05) is 0 Å². The largest absolute Gasteiger partial charge is 0.361 e. The van der Waals surface area contributed by atoms with E-state index in [-0.39, 0.29) is 12.4 Å². The lowest BCUT2D eigenvalue weighted by Gasteiger charge is -2.04. The van der Waals surface area contributed by atoms with Gasteiger partial charge in [0.15, 0.2) is 0 Å². The molecule has 68 valence electrons. The molecule has 0 amide bonds. The number of fused-ring (bicyclic) bond motifs is 1. The van der Waals surface area contributed by atoms with E-state index < -0.39 is 0 Å². The molecular formula is C10H11FN2. The zero-order valence-corrected chi connectivity index (χ0v) is 7.39. The van der Waals surface area contributed by atoms with E-state index in [0.29, 0.717) is 11.1 Å². The van der Waals surface area contributed by atoms with Crippen molar-refractivity contribution >= 4 is 10.9 Å². The number of rotatable bonds is 1. The third-order valence-electron chi connectivity index (χ3n) is 2.32. The van der Waals surface area contributed by atoms with Gasteiger partial charge in [0.05, 0.1) is 5.52 Å². The molecule has 3 heteroatoms. The quantitative estimate of drug-likeness (QED) is 0.689. The van der Waals surface area contributed by atoms with Gasteiger partial charge in [0.1, 0.15) is 5.82 Å². The summed E-state index contributed by atoms with van der Waals surface area (Å²) in [6.45, 7) is 2.00. The number of nitrogens with one attached hydrogen (secondary N) is 1. The number of halogens is 1. The molecule has 0 saturated carbocycles. The first-order valence-electron chi connectivity index (χ1n) is 4.19. The van der Waals surface area contributed by atoms with Crippen LogP contribution in [-0.4, -0.2) is 4.98 Å². The van der Waals surface area contributed by atoms with E-state index in [2.05, 4.69) is 4.98 Å². The maximum Gasteiger partial charge on any atom is 0.132 e. The summed E-state index contributed by atoms with van der Waals surface area (Å²) in [5.74, 6) is -0.197. The average Bonchev–Trinajstić information content (AvgIpc) is 2.59. The first kappa shape index (κ1) is 8.26. The van der Waals surface area contributed by atoms with Gasteiger partial charge in [-0.25, -0.2) is 4.39 Å². The minimum Gasteiger partial charge on any atom is -0.361 e. The Hall–Kier alpha value is -1.35. The van der Waals surface area contributed by atoms with Crippen LogP contribution in [0.3, 0.4) is 0 Å². The van der Waals surface area contributed by atoms with Crippen LogP contribution in [0.25, 0.3) is 10.9 Å². The summed E-state index contributed by atoms with van der Waals surface area (Å²) < 4.78 is 13.5. The molecule has 0 aliphatic carbocycles. The maximum absolute atomic E-state index is 13.5. The van der Waals surface area contributed by atoms with E-state index in [0.717, 1.165) is 10.9 Å². The highest BCUT2D eigenvalue weighted by molar-refractivity contribution is 5.83. The number of hydrogen-bond donors (Lipinski definition) is 2. The van der Waals surface area contributed by atoms with Crippen LogP contribution in [0.4, 0.5) is 4.39 Å². The molecule has 0 bridgehead atoms. The molecule has 3 N–H and O–H groups in total. The summed E-state index contributed by atoms with van der Waals surface area (Å²) in [7, 11) is 0. The van der Waals surface area contributed by atoms with Crippen LogP contribution in [0.1, 0.15) is 11.1 Å². The van der Waals surface area contributed by atoms with Gasteiger partial charge in [0, 0.05) is 29.3 Å². The van der Waals surface area contributed by atoms with Gasteiger partial charge >= 0.3 is 0 Å². The maximum atomic E-state index is 13.5. The predicted octanol–water partition coefficient (Wildman–Crippen LogP) is 2.07. The van der Waals surface area contributed by atoms with E-state index in [1.165, 1.54) is 0 Å². The number of aromatic nitrogens is 1. The Morgan fingerprint density at radius 3 is 3.00 bits per heavy atom. The third kappa shape index (κ3) is 1.12. The van der Waals surface area contributed by atoms with E-state index in [9.17, 15) is 4.39 Å². The molecule has 1 aromatic carbocycles. The van der Waals surface area contributed by atoms with Crippen LogP contribution >= 0.6 is 0 Å². The Balaban J connectivity index is 2.83. The number of benzene rings is 1. The van der Waals surface area contributed by atoms with E-state index in [1.807, 2.05) is 6.07 Å². The standard InChI is InChI=1S/C10H11FN2/c1-6-9(11)8(5-12)4-7-2-3-13-10(6)7/h2-4,13H,5,12H2,1H3. The Bertz CT molecular complexity index is 445. The van der Waals surface area contributed by atoms with E-state index in [1.54, 1.807) is 19.2 Å². The molecule has 0 atom stereocenters. The number of H-pyrrole nitrogens is 1. The van der Waals surface area contributed by atoms with Gasteiger partial charge in [-0.2, -0.15) is 0 Å².